The van der Waals surface area contributed by atoms with Crippen LogP contribution in [0.15, 0.2) is 11.6 Å². The van der Waals surface area contributed by atoms with Gasteiger partial charge in [0.15, 0.2) is 0 Å². The van der Waals surface area contributed by atoms with Crippen LogP contribution in [0.3, 0.4) is 0 Å². The van der Waals surface area contributed by atoms with E-state index in [-0.39, 0.29) is 0 Å². The van der Waals surface area contributed by atoms with Gasteiger partial charge in [-0.15, -0.1) is 11.3 Å². The Hall–Kier alpha value is -0.193. The number of aromatic nitrogens is 1. The summed E-state index contributed by atoms with van der Waals surface area (Å²) in [6.45, 7) is 10.1. The van der Waals surface area contributed by atoms with Crippen molar-refractivity contribution < 1.29 is 5.11 Å². The molecule has 0 bridgehead atoms. The third kappa shape index (κ3) is 1.60. The highest BCUT2D eigenvalue weighted by molar-refractivity contribution is 7.10. The summed E-state index contributed by atoms with van der Waals surface area (Å²) in [6.07, 6.45) is 1.70. The fourth-order valence-corrected chi connectivity index (χ4v) is 3.12. The Morgan fingerprint density at radius 2 is 2.17 bits per heavy atom. The summed E-state index contributed by atoms with van der Waals surface area (Å²) in [7, 11) is -1.70. The van der Waals surface area contributed by atoms with Crippen molar-refractivity contribution in [3.05, 3.63) is 23.5 Å². The SMILES string of the molecule is [CH2]C(O)(c1nccs1)[Si](C)(C)C. The number of thiazole rings is 1. The molecule has 0 aliphatic rings. The Labute approximate surface area is 78.3 Å². The molecular weight excluding hydrogens is 186 g/mol. The quantitative estimate of drug-likeness (QED) is 0.741. The molecule has 0 aromatic carbocycles. The van der Waals surface area contributed by atoms with Crippen LogP contribution in [0.2, 0.25) is 19.6 Å². The van der Waals surface area contributed by atoms with Gasteiger partial charge < -0.3 is 5.11 Å². The van der Waals surface area contributed by atoms with E-state index in [1.54, 1.807) is 6.20 Å². The lowest BCUT2D eigenvalue weighted by Crippen LogP contribution is -2.47. The second-order valence-electron chi connectivity index (χ2n) is 3.95. The maximum atomic E-state index is 10.1. The molecule has 1 unspecified atom stereocenters. The van der Waals surface area contributed by atoms with Crippen LogP contribution < -0.4 is 0 Å². The normalized spacial score (nSPS) is 17.4. The van der Waals surface area contributed by atoms with Crippen LogP contribution in [0.1, 0.15) is 5.01 Å². The number of hydrogen-bond acceptors (Lipinski definition) is 3. The summed E-state index contributed by atoms with van der Waals surface area (Å²) in [5.74, 6) is 0. The van der Waals surface area contributed by atoms with E-state index in [1.807, 2.05) is 5.38 Å². The predicted octanol–water partition coefficient (Wildman–Crippen LogP) is 2.04. The molecule has 0 aliphatic carbocycles. The van der Waals surface area contributed by atoms with Crippen LogP contribution in [0.25, 0.3) is 0 Å². The van der Waals surface area contributed by atoms with E-state index in [0.29, 0.717) is 0 Å². The second-order valence-corrected chi connectivity index (χ2v) is 10.2. The molecule has 0 saturated heterocycles. The van der Waals surface area contributed by atoms with Crippen molar-refractivity contribution in [1.29, 1.82) is 0 Å². The second kappa shape index (κ2) is 2.94. The molecule has 1 aromatic rings. The molecule has 1 aromatic heterocycles. The molecule has 0 aliphatic heterocycles. The minimum atomic E-state index is -1.70. The highest BCUT2D eigenvalue weighted by Crippen LogP contribution is 2.31. The molecule has 4 heteroatoms. The fourth-order valence-electron chi connectivity index (χ4n) is 0.748. The largest absolute Gasteiger partial charge is 0.386 e. The van der Waals surface area contributed by atoms with E-state index in [4.69, 9.17) is 0 Å². The van der Waals surface area contributed by atoms with Crippen molar-refractivity contribution in [2.75, 3.05) is 0 Å². The van der Waals surface area contributed by atoms with Gasteiger partial charge in [-0.1, -0.05) is 19.6 Å². The zero-order valence-corrected chi connectivity index (χ0v) is 9.48. The molecule has 1 atom stereocenters. The van der Waals surface area contributed by atoms with Crippen LogP contribution in [0, 0.1) is 6.92 Å². The van der Waals surface area contributed by atoms with Gasteiger partial charge in [0, 0.05) is 11.6 Å². The summed E-state index contributed by atoms with van der Waals surface area (Å²) >= 11 is 1.47. The number of rotatable bonds is 2. The van der Waals surface area contributed by atoms with E-state index in [9.17, 15) is 5.11 Å². The molecular formula is C8H14NOSSi. The zero-order valence-electron chi connectivity index (χ0n) is 7.66. The lowest BCUT2D eigenvalue weighted by atomic mass is 10.4. The van der Waals surface area contributed by atoms with Crippen LogP contribution in [-0.4, -0.2) is 18.2 Å². The van der Waals surface area contributed by atoms with Crippen LogP contribution in [-0.2, 0) is 5.22 Å². The predicted molar refractivity (Wildman–Crippen MR) is 54.7 cm³/mol. The molecule has 12 heavy (non-hydrogen) atoms. The van der Waals surface area contributed by atoms with E-state index in [1.165, 1.54) is 11.3 Å². The molecule has 67 valence electrons. The minimum Gasteiger partial charge on any atom is -0.386 e. The maximum Gasteiger partial charge on any atom is 0.121 e. The van der Waals surface area contributed by atoms with Crippen molar-refractivity contribution in [3.63, 3.8) is 0 Å². The third-order valence-electron chi connectivity index (χ3n) is 2.03. The highest BCUT2D eigenvalue weighted by Gasteiger charge is 2.40. The molecule has 1 radical (unpaired) electrons. The Balaban J connectivity index is 3.02. The zero-order chi connectivity index (χ0) is 9.41. The molecule has 1 rings (SSSR count). The van der Waals surface area contributed by atoms with Crippen molar-refractivity contribution >= 4 is 19.4 Å². The first-order valence-electron chi connectivity index (χ1n) is 3.83. The van der Waals surface area contributed by atoms with Crippen LogP contribution in [0.5, 0.6) is 0 Å². The van der Waals surface area contributed by atoms with Crippen LogP contribution in [0.4, 0.5) is 0 Å². The van der Waals surface area contributed by atoms with Gasteiger partial charge in [-0.05, 0) is 6.92 Å². The highest BCUT2D eigenvalue weighted by atomic mass is 32.1. The lowest BCUT2D eigenvalue weighted by Gasteiger charge is -2.33. The smallest absolute Gasteiger partial charge is 0.121 e. The Morgan fingerprint density at radius 3 is 2.50 bits per heavy atom. The van der Waals surface area contributed by atoms with Crippen molar-refractivity contribution in [2.24, 2.45) is 0 Å². The van der Waals surface area contributed by atoms with E-state index in [2.05, 4.69) is 31.5 Å². The Bertz CT molecular complexity index is 251. The number of hydrogen-bond donors (Lipinski definition) is 1. The summed E-state index contributed by atoms with van der Waals surface area (Å²) < 4.78 is 0. The van der Waals surface area contributed by atoms with Gasteiger partial charge in [-0.2, -0.15) is 0 Å². The molecule has 1 N–H and O–H groups in total. The van der Waals surface area contributed by atoms with Gasteiger partial charge in [-0.3, -0.25) is 0 Å². The standard InChI is InChI=1S/C8H14NOSSi/c1-8(10,12(2,3)4)7-9-5-6-11-7/h5-6,10H,1H2,2-4H3. The number of aliphatic hydroxyl groups is 1. The van der Waals surface area contributed by atoms with Crippen molar-refractivity contribution in [3.8, 4) is 0 Å². The fraction of sp³-hybridized carbons (Fsp3) is 0.500. The first-order valence-corrected chi connectivity index (χ1v) is 8.21. The third-order valence-corrected chi connectivity index (χ3v) is 5.85. The summed E-state index contributed by atoms with van der Waals surface area (Å²) in [5, 5.41) is 11.8. The van der Waals surface area contributed by atoms with Crippen LogP contribution >= 0.6 is 11.3 Å². The first kappa shape index (κ1) is 9.89. The molecule has 0 spiro atoms. The topological polar surface area (TPSA) is 33.1 Å². The summed E-state index contributed by atoms with van der Waals surface area (Å²) in [6, 6.07) is 0. The average molecular weight is 200 g/mol. The Kier molecular flexibility index (Phi) is 2.42. The maximum absolute atomic E-state index is 10.1. The molecule has 0 amide bonds. The average Bonchev–Trinajstić information content (AvgIpc) is 2.34. The lowest BCUT2D eigenvalue weighted by molar-refractivity contribution is 0.164. The molecule has 0 fully saturated rings. The van der Waals surface area contributed by atoms with Crippen molar-refractivity contribution in [2.45, 2.75) is 24.9 Å². The Morgan fingerprint density at radius 1 is 1.58 bits per heavy atom. The van der Waals surface area contributed by atoms with Crippen molar-refractivity contribution in [1.82, 2.24) is 4.98 Å². The first-order chi connectivity index (χ1) is 5.36. The van der Waals surface area contributed by atoms with Gasteiger partial charge in [0.05, 0.1) is 8.07 Å². The minimum absolute atomic E-state index is 0.738. The molecule has 2 nitrogen and oxygen atoms in total. The molecule has 1 heterocycles. The summed E-state index contributed by atoms with van der Waals surface area (Å²) in [4.78, 5) is 4.10. The van der Waals surface area contributed by atoms with Gasteiger partial charge in [-0.25, -0.2) is 4.98 Å². The van der Waals surface area contributed by atoms with Gasteiger partial charge >= 0.3 is 0 Å². The number of nitrogens with zero attached hydrogens (tertiary/aromatic N) is 1. The van der Waals surface area contributed by atoms with E-state index >= 15 is 0 Å². The van der Waals surface area contributed by atoms with Gasteiger partial charge in [0.1, 0.15) is 10.2 Å². The van der Waals surface area contributed by atoms with E-state index in [0.717, 1.165) is 5.01 Å². The summed E-state index contributed by atoms with van der Waals surface area (Å²) in [5.41, 5.74) is 0. The van der Waals surface area contributed by atoms with E-state index < -0.39 is 13.3 Å². The van der Waals surface area contributed by atoms with Gasteiger partial charge in [0.25, 0.3) is 0 Å². The molecule has 0 saturated carbocycles. The monoisotopic (exact) mass is 200 g/mol. The van der Waals surface area contributed by atoms with Gasteiger partial charge in [0.2, 0.25) is 0 Å².